The molecule has 1 unspecified atom stereocenters. The molecule has 4 heteroatoms. The number of carbonyl (C=O) groups is 1. The lowest BCUT2D eigenvalue weighted by Crippen LogP contribution is -2.49. The number of hydrogen-bond donors (Lipinski definition) is 1. The number of rotatable bonds is 7. The molecule has 0 amide bonds. The summed E-state index contributed by atoms with van der Waals surface area (Å²) in [5.74, 6) is 0.542. The second-order valence-electron chi connectivity index (χ2n) is 4.67. The van der Waals surface area contributed by atoms with Crippen molar-refractivity contribution in [2.45, 2.75) is 32.2 Å². The van der Waals surface area contributed by atoms with Gasteiger partial charge in [-0.15, -0.1) is 0 Å². The maximum atomic E-state index is 11.7. The van der Waals surface area contributed by atoms with Crippen LogP contribution < -0.4 is 10.1 Å². The summed E-state index contributed by atoms with van der Waals surface area (Å²) >= 11 is 0. The number of carbonyl (C=O) groups excluding carboxylic acids is 1. The number of hydrogen-bond acceptors (Lipinski definition) is 4. The maximum Gasteiger partial charge on any atom is 0.325 e. The summed E-state index contributed by atoms with van der Waals surface area (Å²) in [6, 6.07) is 8.00. The van der Waals surface area contributed by atoms with Gasteiger partial charge in [0.05, 0.1) is 13.7 Å². The molecule has 0 bridgehead atoms. The van der Waals surface area contributed by atoms with Gasteiger partial charge in [0.15, 0.2) is 0 Å². The van der Waals surface area contributed by atoms with Crippen molar-refractivity contribution in [1.29, 1.82) is 0 Å². The molecular formula is C15H23NO3. The van der Waals surface area contributed by atoms with Crippen LogP contribution in [0.4, 0.5) is 0 Å². The van der Waals surface area contributed by atoms with E-state index in [2.05, 4.69) is 12.2 Å². The van der Waals surface area contributed by atoms with E-state index in [1.807, 2.05) is 31.2 Å². The Kier molecular flexibility index (Phi) is 5.83. The normalized spacial score (nSPS) is 13.7. The van der Waals surface area contributed by atoms with Gasteiger partial charge in [-0.2, -0.15) is 0 Å². The second-order valence-corrected chi connectivity index (χ2v) is 4.67. The molecule has 1 aromatic carbocycles. The molecular weight excluding hydrogens is 242 g/mol. The molecule has 0 saturated heterocycles. The van der Waals surface area contributed by atoms with E-state index in [1.165, 1.54) is 12.7 Å². The lowest BCUT2D eigenvalue weighted by Gasteiger charge is -2.25. The number of aryl methyl sites for hydroxylation is 1. The first kappa shape index (κ1) is 15.5. The third kappa shape index (κ3) is 4.24. The SMILES string of the molecule is CCc1ccc(OCCC(C)(NC)C(=O)OC)cc1. The molecule has 19 heavy (non-hydrogen) atoms. The molecule has 0 aromatic heterocycles. The van der Waals surface area contributed by atoms with Crippen LogP contribution in [0.25, 0.3) is 0 Å². The van der Waals surface area contributed by atoms with Crippen molar-refractivity contribution in [3.63, 3.8) is 0 Å². The molecule has 0 aliphatic rings. The first-order chi connectivity index (χ1) is 9.05. The molecule has 0 aliphatic carbocycles. The molecule has 0 saturated carbocycles. The Morgan fingerprint density at radius 1 is 1.32 bits per heavy atom. The number of methoxy groups -OCH3 is 1. The van der Waals surface area contributed by atoms with Crippen molar-refractivity contribution >= 4 is 5.97 Å². The van der Waals surface area contributed by atoms with Gasteiger partial charge in [0.2, 0.25) is 0 Å². The highest BCUT2D eigenvalue weighted by Gasteiger charge is 2.32. The smallest absolute Gasteiger partial charge is 0.325 e. The minimum absolute atomic E-state index is 0.278. The van der Waals surface area contributed by atoms with Gasteiger partial charge in [0.25, 0.3) is 0 Å². The average molecular weight is 265 g/mol. The standard InChI is InChI=1S/C15H23NO3/c1-5-12-6-8-13(9-7-12)19-11-10-15(2,16-3)14(17)18-4/h6-9,16H,5,10-11H2,1-4H3. The molecule has 106 valence electrons. The van der Waals surface area contributed by atoms with E-state index in [4.69, 9.17) is 9.47 Å². The fraction of sp³-hybridized carbons (Fsp3) is 0.533. The molecule has 0 spiro atoms. The molecule has 1 aromatic rings. The van der Waals surface area contributed by atoms with Gasteiger partial charge in [-0.25, -0.2) is 0 Å². The Balaban J connectivity index is 2.50. The summed E-state index contributed by atoms with van der Waals surface area (Å²) in [6.45, 7) is 4.38. The Morgan fingerprint density at radius 3 is 2.42 bits per heavy atom. The van der Waals surface area contributed by atoms with Crippen LogP contribution in [0.15, 0.2) is 24.3 Å². The van der Waals surface area contributed by atoms with Crippen LogP contribution in [-0.2, 0) is 16.0 Å². The van der Waals surface area contributed by atoms with Gasteiger partial charge < -0.3 is 14.8 Å². The number of benzene rings is 1. The van der Waals surface area contributed by atoms with E-state index in [0.29, 0.717) is 13.0 Å². The number of ether oxygens (including phenoxy) is 2. The molecule has 0 heterocycles. The minimum Gasteiger partial charge on any atom is -0.494 e. The van der Waals surface area contributed by atoms with E-state index in [9.17, 15) is 4.79 Å². The molecule has 0 fully saturated rings. The Labute approximate surface area is 115 Å². The zero-order chi connectivity index (χ0) is 14.3. The highest BCUT2D eigenvalue weighted by molar-refractivity contribution is 5.80. The van der Waals surface area contributed by atoms with E-state index >= 15 is 0 Å². The maximum absolute atomic E-state index is 11.7. The fourth-order valence-corrected chi connectivity index (χ4v) is 1.75. The molecule has 1 rings (SSSR count). The fourth-order valence-electron chi connectivity index (χ4n) is 1.75. The van der Waals surface area contributed by atoms with Crippen LogP contribution in [0, 0.1) is 0 Å². The highest BCUT2D eigenvalue weighted by Crippen LogP contribution is 2.16. The highest BCUT2D eigenvalue weighted by atomic mass is 16.5. The van der Waals surface area contributed by atoms with Crippen molar-refractivity contribution in [3.05, 3.63) is 29.8 Å². The third-order valence-corrected chi connectivity index (χ3v) is 3.39. The van der Waals surface area contributed by atoms with Crippen LogP contribution in [0.5, 0.6) is 5.75 Å². The van der Waals surface area contributed by atoms with E-state index in [1.54, 1.807) is 7.05 Å². The van der Waals surface area contributed by atoms with Crippen LogP contribution in [-0.4, -0.2) is 32.3 Å². The molecule has 1 N–H and O–H groups in total. The van der Waals surface area contributed by atoms with Crippen LogP contribution in [0.3, 0.4) is 0 Å². The Hall–Kier alpha value is -1.55. The van der Waals surface area contributed by atoms with Gasteiger partial charge in [-0.1, -0.05) is 19.1 Å². The van der Waals surface area contributed by atoms with Crippen LogP contribution >= 0.6 is 0 Å². The number of nitrogens with one attached hydrogen (secondary N) is 1. The molecule has 4 nitrogen and oxygen atoms in total. The summed E-state index contributed by atoms with van der Waals surface area (Å²) in [5.41, 5.74) is 0.569. The van der Waals surface area contributed by atoms with Crippen molar-refractivity contribution in [3.8, 4) is 5.75 Å². The zero-order valence-corrected chi connectivity index (χ0v) is 12.2. The summed E-state index contributed by atoms with van der Waals surface area (Å²) in [4.78, 5) is 11.7. The molecule has 1 atom stereocenters. The second kappa shape index (κ2) is 7.14. The van der Waals surface area contributed by atoms with Gasteiger partial charge in [-0.3, -0.25) is 4.79 Å². The average Bonchev–Trinajstić information content (AvgIpc) is 2.46. The molecule has 0 radical (unpaired) electrons. The number of esters is 1. The summed E-state index contributed by atoms with van der Waals surface area (Å²) < 4.78 is 10.4. The van der Waals surface area contributed by atoms with Gasteiger partial charge >= 0.3 is 5.97 Å². The van der Waals surface area contributed by atoms with Gasteiger partial charge in [0.1, 0.15) is 11.3 Å². The predicted molar refractivity (Wildman–Crippen MR) is 75.4 cm³/mol. The monoisotopic (exact) mass is 265 g/mol. The van der Waals surface area contributed by atoms with Gasteiger partial charge in [-0.05, 0) is 38.1 Å². The van der Waals surface area contributed by atoms with Crippen molar-refractivity contribution < 1.29 is 14.3 Å². The van der Waals surface area contributed by atoms with Crippen molar-refractivity contribution in [2.24, 2.45) is 0 Å². The third-order valence-electron chi connectivity index (χ3n) is 3.39. The predicted octanol–water partition coefficient (Wildman–Crippen LogP) is 2.17. The van der Waals surface area contributed by atoms with E-state index in [-0.39, 0.29) is 5.97 Å². The van der Waals surface area contributed by atoms with Crippen LogP contribution in [0.1, 0.15) is 25.8 Å². The van der Waals surface area contributed by atoms with E-state index < -0.39 is 5.54 Å². The first-order valence-electron chi connectivity index (χ1n) is 6.54. The quantitative estimate of drug-likeness (QED) is 0.768. The largest absolute Gasteiger partial charge is 0.494 e. The van der Waals surface area contributed by atoms with Gasteiger partial charge in [0, 0.05) is 6.42 Å². The van der Waals surface area contributed by atoms with Crippen LogP contribution in [0.2, 0.25) is 0 Å². The Morgan fingerprint density at radius 2 is 1.95 bits per heavy atom. The lowest BCUT2D eigenvalue weighted by atomic mass is 9.99. The molecule has 0 aliphatic heterocycles. The topological polar surface area (TPSA) is 47.6 Å². The van der Waals surface area contributed by atoms with Crippen molar-refractivity contribution in [2.75, 3.05) is 20.8 Å². The minimum atomic E-state index is -0.710. The first-order valence-corrected chi connectivity index (χ1v) is 6.54. The Bertz CT molecular complexity index is 402. The number of likely N-dealkylation sites (N-methyl/N-ethyl adjacent to an activating group) is 1. The zero-order valence-electron chi connectivity index (χ0n) is 12.2. The lowest BCUT2D eigenvalue weighted by molar-refractivity contribution is -0.148. The summed E-state index contributed by atoms with van der Waals surface area (Å²) in [6.07, 6.45) is 1.56. The van der Waals surface area contributed by atoms with Crippen molar-refractivity contribution in [1.82, 2.24) is 5.32 Å². The summed E-state index contributed by atoms with van der Waals surface area (Å²) in [5, 5.41) is 2.98. The van der Waals surface area contributed by atoms with E-state index in [0.717, 1.165) is 12.2 Å². The summed E-state index contributed by atoms with van der Waals surface area (Å²) in [7, 11) is 3.13.